The number of nitrogens with two attached hydrogens (primary N) is 1. The lowest BCUT2D eigenvalue weighted by molar-refractivity contribution is 0.0570. The first-order chi connectivity index (χ1) is 8.63. The summed E-state index contributed by atoms with van der Waals surface area (Å²) in [5, 5.41) is 0. The second kappa shape index (κ2) is 5.32. The Bertz CT molecular complexity index is 421. The number of hydrogen-bond acceptors (Lipinski definition) is 5. The first-order valence-electron chi connectivity index (χ1n) is 5.95. The lowest BCUT2D eigenvalue weighted by atomic mass is 10.1. The zero-order chi connectivity index (χ0) is 13.1. The number of nitrogens with zero attached hydrogens (tertiary/aromatic N) is 2. The van der Waals surface area contributed by atoms with Gasteiger partial charge in [0, 0.05) is 13.7 Å². The van der Waals surface area contributed by atoms with E-state index in [2.05, 4.69) is 10.4 Å². The molecule has 2 unspecified atom stereocenters. The first kappa shape index (κ1) is 12.8. The van der Waals surface area contributed by atoms with Crippen LogP contribution in [0.5, 0.6) is 0 Å². The Labute approximate surface area is 106 Å². The van der Waals surface area contributed by atoms with Gasteiger partial charge in [0.1, 0.15) is 5.69 Å². The molecule has 1 amide bonds. The van der Waals surface area contributed by atoms with E-state index < -0.39 is 0 Å². The Balaban J connectivity index is 2.09. The summed E-state index contributed by atoms with van der Waals surface area (Å²) in [5.74, 6) is 5.16. The number of carbonyl (C=O) groups is 1. The van der Waals surface area contributed by atoms with Crippen LogP contribution in [0.4, 0.5) is 5.69 Å². The first-order valence-corrected chi connectivity index (χ1v) is 5.95. The number of nitrogens with one attached hydrogen (secondary N) is 1. The van der Waals surface area contributed by atoms with Crippen LogP contribution in [0.3, 0.4) is 0 Å². The Morgan fingerprint density at radius 1 is 1.61 bits per heavy atom. The van der Waals surface area contributed by atoms with Crippen LogP contribution in [0, 0.1) is 0 Å². The molecule has 0 radical (unpaired) electrons. The fourth-order valence-electron chi connectivity index (χ4n) is 2.17. The van der Waals surface area contributed by atoms with Crippen LogP contribution in [0.25, 0.3) is 0 Å². The van der Waals surface area contributed by atoms with Crippen LogP contribution in [0.15, 0.2) is 18.3 Å². The van der Waals surface area contributed by atoms with Crippen molar-refractivity contribution in [3.05, 3.63) is 24.0 Å². The van der Waals surface area contributed by atoms with E-state index in [1.54, 1.807) is 24.1 Å². The van der Waals surface area contributed by atoms with Gasteiger partial charge in [0.25, 0.3) is 5.91 Å². The molecule has 0 bridgehead atoms. The highest BCUT2D eigenvalue weighted by molar-refractivity contribution is 5.92. The normalized spacial score (nSPS) is 22.8. The van der Waals surface area contributed by atoms with Crippen molar-refractivity contribution in [2.75, 3.05) is 19.1 Å². The standard InChI is InChI=1S/C12H18N4O2/c1-8-11(5-6-18-8)16(2)12(17)10-4-3-9(15-13)7-14-10/h3-4,7-8,11,15H,5-6,13H2,1-2H3. The van der Waals surface area contributed by atoms with E-state index in [1.165, 1.54) is 6.20 Å². The lowest BCUT2D eigenvalue weighted by Gasteiger charge is -2.26. The predicted molar refractivity (Wildman–Crippen MR) is 68.0 cm³/mol. The molecule has 18 heavy (non-hydrogen) atoms. The second-order valence-electron chi connectivity index (χ2n) is 4.42. The molecule has 6 nitrogen and oxygen atoms in total. The fourth-order valence-corrected chi connectivity index (χ4v) is 2.17. The topological polar surface area (TPSA) is 80.5 Å². The van der Waals surface area contributed by atoms with Crippen molar-refractivity contribution >= 4 is 11.6 Å². The third kappa shape index (κ3) is 2.44. The van der Waals surface area contributed by atoms with Crippen molar-refractivity contribution in [1.29, 1.82) is 0 Å². The smallest absolute Gasteiger partial charge is 0.272 e. The number of pyridine rings is 1. The zero-order valence-corrected chi connectivity index (χ0v) is 10.6. The van der Waals surface area contributed by atoms with E-state index in [0.29, 0.717) is 18.0 Å². The third-order valence-corrected chi connectivity index (χ3v) is 3.30. The molecule has 6 heteroatoms. The molecule has 0 aliphatic carbocycles. The van der Waals surface area contributed by atoms with Gasteiger partial charge in [0.05, 0.1) is 24.0 Å². The van der Waals surface area contributed by atoms with Crippen LogP contribution in [0.2, 0.25) is 0 Å². The van der Waals surface area contributed by atoms with E-state index in [1.807, 2.05) is 6.92 Å². The van der Waals surface area contributed by atoms with Crippen LogP contribution in [-0.2, 0) is 4.74 Å². The van der Waals surface area contributed by atoms with E-state index in [9.17, 15) is 4.79 Å². The molecule has 2 heterocycles. The lowest BCUT2D eigenvalue weighted by Crippen LogP contribution is -2.41. The van der Waals surface area contributed by atoms with Gasteiger partial charge in [-0.3, -0.25) is 10.6 Å². The molecular formula is C12H18N4O2. The molecule has 0 aromatic carbocycles. The zero-order valence-electron chi connectivity index (χ0n) is 10.6. The molecule has 1 fully saturated rings. The molecule has 3 N–H and O–H groups in total. The maximum Gasteiger partial charge on any atom is 0.272 e. The summed E-state index contributed by atoms with van der Waals surface area (Å²) < 4.78 is 5.47. The van der Waals surface area contributed by atoms with Crippen LogP contribution >= 0.6 is 0 Å². The number of carbonyl (C=O) groups excluding carboxylic acids is 1. The summed E-state index contributed by atoms with van der Waals surface area (Å²) in [6.45, 7) is 2.68. The molecule has 98 valence electrons. The van der Waals surface area contributed by atoms with Gasteiger partial charge in [-0.05, 0) is 25.5 Å². The number of ether oxygens (including phenoxy) is 1. The van der Waals surface area contributed by atoms with Gasteiger partial charge in [0.2, 0.25) is 0 Å². The Morgan fingerprint density at radius 3 is 2.89 bits per heavy atom. The summed E-state index contributed by atoms with van der Waals surface area (Å²) in [6, 6.07) is 3.50. The van der Waals surface area contributed by atoms with Gasteiger partial charge >= 0.3 is 0 Å². The van der Waals surface area contributed by atoms with Gasteiger partial charge in [-0.2, -0.15) is 0 Å². The van der Waals surface area contributed by atoms with Crippen LogP contribution in [-0.4, -0.2) is 41.6 Å². The molecule has 1 aromatic heterocycles. The highest BCUT2D eigenvalue weighted by atomic mass is 16.5. The average molecular weight is 250 g/mol. The van der Waals surface area contributed by atoms with Crippen molar-refractivity contribution in [2.24, 2.45) is 5.84 Å². The highest BCUT2D eigenvalue weighted by Gasteiger charge is 2.31. The monoisotopic (exact) mass is 250 g/mol. The Kier molecular flexibility index (Phi) is 3.78. The maximum atomic E-state index is 12.2. The van der Waals surface area contributed by atoms with Crippen molar-refractivity contribution in [3.8, 4) is 0 Å². The Hall–Kier alpha value is -1.66. The van der Waals surface area contributed by atoms with Crippen LogP contribution < -0.4 is 11.3 Å². The van der Waals surface area contributed by atoms with Gasteiger partial charge in [0.15, 0.2) is 0 Å². The van der Waals surface area contributed by atoms with Gasteiger partial charge in [-0.1, -0.05) is 0 Å². The molecule has 0 saturated carbocycles. The quantitative estimate of drug-likeness (QED) is 0.607. The van der Waals surface area contributed by atoms with Gasteiger partial charge in [-0.25, -0.2) is 4.98 Å². The third-order valence-electron chi connectivity index (χ3n) is 3.30. The van der Waals surface area contributed by atoms with Crippen molar-refractivity contribution in [3.63, 3.8) is 0 Å². The minimum Gasteiger partial charge on any atom is -0.376 e. The van der Waals surface area contributed by atoms with Crippen molar-refractivity contribution < 1.29 is 9.53 Å². The summed E-state index contributed by atoms with van der Waals surface area (Å²) in [5.41, 5.74) is 3.56. The van der Waals surface area contributed by atoms with E-state index in [0.717, 1.165) is 6.42 Å². The number of amides is 1. The van der Waals surface area contributed by atoms with E-state index in [4.69, 9.17) is 10.6 Å². The van der Waals surface area contributed by atoms with E-state index >= 15 is 0 Å². The predicted octanol–water partition coefficient (Wildman–Crippen LogP) is 0.617. The second-order valence-corrected chi connectivity index (χ2v) is 4.42. The van der Waals surface area contributed by atoms with Gasteiger partial charge < -0.3 is 15.1 Å². The number of hydrogen-bond donors (Lipinski definition) is 2. The summed E-state index contributed by atoms with van der Waals surface area (Å²) in [6.07, 6.45) is 2.48. The number of likely N-dealkylation sites (N-methyl/N-ethyl adjacent to an activating group) is 1. The van der Waals surface area contributed by atoms with Crippen LogP contribution in [0.1, 0.15) is 23.8 Å². The average Bonchev–Trinajstić information content (AvgIpc) is 2.83. The molecule has 1 aromatic rings. The fraction of sp³-hybridized carbons (Fsp3) is 0.500. The molecule has 1 aliphatic heterocycles. The molecular weight excluding hydrogens is 232 g/mol. The molecule has 2 rings (SSSR count). The molecule has 1 saturated heterocycles. The number of hydrazine groups is 1. The van der Waals surface area contributed by atoms with Gasteiger partial charge in [-0.15, -0.1) is 0 Å². The minimum absolute atomic E-state index is 0.0731. The molecule has 0 spiro atoms. The van der Waals surface area contributed by atoms with E-state index in [-0.39, 0.29) is 18.1 Å². The maximum absolute atomic E-state index is 12.2. The number of anilines is 1. The highest BCUT2D eigenvalue weighted by Crippen LogP contribution is 2.19. The largest absolute Gasteiger partial charge is 0.376 e. The van der Waals surface area contributed by atoms with Crippen molar-refractivity contribution in [2.45, 2.75) is 25.5 Å². The number of aromatic nitrogens is 1. The molecule has 1 aliphatic rings. The Morgan fingerprint density at radius 2 is 2.39 bits per heavy atom. The SMILES string of the molecule is CC1OCCC1N(C)C(=O)c1ccc(NN)cn1. The minimum atomic E-state index is -0.0964. The van der Waals surface area contributed by atoms with Crippen molar-refractivity contribution in [1.82, 2.24) is 9.88 Å². The summed E-state index contributed by atoms with van der Waals surface area (Å²) in [7, 11) is 1.79. The number of nitrogen functional groups attached to an aromatic ring is 1. The summed E-state index contributed by atoms with van der Waals surface area (Å²) in [4.78, 5) is 18.0. The summed E-state index contributed by atoms with van der Waals surface area (Å²) >= 11 is 0. The molecule has 2 atom stereocenters. The number of rotatable bonds is 3.